The molecule has 0 heterocycles. The highest BCUT2D eigenvalue weighted by atomic mass is 79.9. The quantitative estimate of drug-likeness (QED) is 0.672. The Labute approximate surface area is 82.1 Å². The van der Waals surface area contributed by atoms with Gasteiger partial charge in [-0.05, 0) is 42.4 Å². The molecule has 1 aromatic rings. The van der Waals surface area contributed by atoms with Gasteiger partial charge in [0, 0.05) is 5.33 Å². The lowest BCUT2D eigenvalue weighted by Crippen LogP contribution is -1.87. The van der Waals surface area contributed by atoms with Crippen LogP contribution in [0, 0.1) is 6.92 Å². The fraction of sp³-hybridized carbons (Fsp3) is 0.455. The van der Waals surface area contributed by atoms with Crippen LogP contribution in [0.4, 0.5) is 0 Å². The van der Waals surface area contributed by atoms with E-state index in [1.54, 1.807) is 0 Å². The molecule has 0 spiro atoms. The van der Waals surface area contributed by atoms with Crippen LogP contribution in [0.5, 0.6) is 0 Å². The summed E-state index contributed by atoms with van der Waals surface area (Å²) in [4.78, 5) is 0. The van der Waals surface area contributed by atoms with Crippen LogP contribution in [-0.2, 0) is 5.33 Å². The predicted molar refractivity (Wildman–Crippen MR) is 55.8 cm³/mol. The van der Waals surface area contributed by atoms with Gasteiger partial charge in [0.15, 0.2) is 0 Å². The first kappa shape index (κ1) is 8.31. The summed E-state index contributed by atoms with van der Waals surface area (Å²) in [5, 5.41) is 0.976. The fourth-order valence-electron chi connectivity index (χ4n) is 1.54. The van der Waals surface area contributed by atoms with Gasteiger partial charge in [0.05, 0.1) is 0 Å². The molecule has 12 heavy (non-hydrogen) atoms. The molecule has 0 aromatic heterocycles. The largest absolute Gasteiger partial charge is 0.0876 e. The van der Waals surface area contributed by atoms with Crippen molar-refractivity contribution in [1.82, 2.24) is 0 Å². The lowest BCUT2D eigenvalue weighted by Gasteiger charge is -2.04. The molecule has 0 bridgehead atoms. The Morgan fingerprint density at radius 2 is 2.17 bits per heavy atom. The van der Waals surface area contributed by atoms with Crippen LogP contribution in [0.1, 0.15) is 35.4 Å². The lowest BCUT2D eigenvalue weighted by atomic mass is 10.0. The SMILES string of the molecule is Cc1cc(C2CC2)ccc1CBr. The Morgan fingerprint density at radius 1 is 1.42 bits per heavy atom. The first-order valence-electron chi connectivity index (χ1n) is 4.46. The summed E-state index contributed by atoms with van der Waals surface area (Å²) in [6, 6.07) is 6.87. The second-order valence-corrected chi connectivity index (χ2v) is 4.15. The second-order valence-electron chi connectivity index (χ2n) is 3.59. The van der Waals surface area contributed by atoms with E-state index in [-0.39, 0.29) is 0 Å². The van der Waals surface area contributed by atoms with E-state index in [2.05, 4.69) is 41.1 Å². The highest BCUT2D eigenvalue weighted by Gasteiger charge is 2.23. The van der Waals surface area contributed by atoms with Crippen molar-refractivity contribution in [3.05, 3.63) is 34.9 Å². The van der Waals surface area contributed by atoms with Crippen molar-refractivity contribution in [3.8, 4) is 0 Å². The van der Waals surface area contributed by atoms with Crippen molar-refractivity contribution in [2.45, 2.75) is 31.0 Å². The van der Waals surface area contributed by atoms with Crippen LogP contribution in [0.15, 0.2) is 18.2 Å². The number of rotatable bonds is 2. The van der Waals surface area contributed by atoms with E-state index >= 15 is 0 Å². The van der Waals surface area contributed by atoms with E-state index in [0.29, 0.717) is 0 Å². The van der Waals surface area contributed by atoms with E-state index < -0.39 is 0 Å². The molecule has 0 amide bonds. The molecular formula is C11H13Br. The summed E-state index contributed by atoms with van der Waals surface area (Å²) in [6.45, 7) is 2.20. The summed E-state index contributed by atoms with van der Waals surface area (Å²) >= 11 is 3.49. The first-order valence-corrected chi connectivity index (χ1v) is 5.59. The maximum atomic E-state index is 3.49. The van der Waals surface area contributed by atoms with E-state index in [4.69, 9.17) is 0 Å². The predicted octanol–water partition coefficient (Wildman–Crippen LogP) is 3.77. The third-order valence-electron chi connectivity index (χ3n) is 2.56. The maximum Gasteiger partial charge on any atom is 0.0285 e. The molecule has 1 aliphatic carbocycles. The number of alkyl halides is 1. The molecule has 0 N–H and O–H groups in total. The molecule has 0 radical (unpaired) electrons. The minimum Gasteiger partial charge on any atom is -0.0876 e. The maximum absolute atomic E-state index is 3.49. The van der Waals surface area contributed by atoms with Crippen LogP contribution in [0.25, 0.3) is 0 Å². The molecule has 1 saturated carbocycles. The Balaban J connectivity index is 2.30. The van der Waals surface area contributed by atoms with E-state index in [1.165, 1.54) is 29.5 Å². The number of hydrogen-bond donors (Lipinski definition) is 0. The molecule has 0 saturated heterocycles. The average molecular weight is 225 g/mol. The number of aryl methyl sites for hydroxylation is 1. The van der Waals surface area contributed by atoms with E-state index in [9.17, 15) is 0 Å². The standard InChI is InChI=1S/C11H13Br/c1-8-6-10(9-2-3-9)4-5-11(8)7-12/h4-6,9H,2-3,7H2,1H3. The van der Waals surface area contributed by atoms with E-state index in [1.807, 2.05) is 0 Å². The van der Waals surface area contributed by atoms with Gasteiger partial charge in [-0.2, -0.15) is 0 Å². The summed E-state index contributed by atoms with van der Waals surface area (Å²) < 4.78 is 0. The normalized spacial score (nSPS) is 16.5. The van der Waals surface area contributed by atoms with Crippen LogP contribution in [-0.4, -0.2) is 0 Å². The smallest absolute Gasteiger partial charge is 0.0285 e. The van der Waals surface area contributed by atoms with Crippen molar-refractivity contribution in [2.75, 3.05) is 0 Å². The number of benzene rings is 1. The Bertz CT molecular complexity index is 287. The van der Waals surface area contributed by atoms with Gasteiger partial charge in [0.1, 0.15) is 0 Å². The van der Waals surface area contributed by atoms with Crippen LogP contribution >= 0.6 is 15.9 Å². The Morgan fingerprint density at radius 3 is 2.67 bits per heavy atom. The van der Waals surface area contributed by atoms with Gasteiger partial charge in [-0.25, -0.2) is 0 Å². The second kappa shape index (κ2) is 3.21. The lowest BCUT2D eigenvalue weighted by molar-refractivity contribution is 1.11. The molecule has 0 nitrogen and oxygen atoms in total. The zero-order valence-electron chi connectivity index (χ0n) is 7.31. The topological polar surface area (TPSA) is 0 Å². The third-order valence-corrected chi connectivity index (χ3v) is 3.16. The highest BCUT2D eigenvalue weighted by Crippen LogP contribution is 2.40. The molecule has 1 aliphatic rings. The summed E-state index contributed by atoms with van der Waals surface area (Å²) in [6.07, 6.45) is 2.79. The van der Waals surface area contributed by atoms with Gasteiger partial charge in [0.2, 0.25) is 0 Å². The molecule has 0 unspecified atom stereocenters. The Hall–Kier alpha value is -0.300. The molecule has 0 atom stereocenters. The number of hydrogen-bond acceptors (Lipinski definition) is 0. The highest BCUT2D eigenvalue weighted by molar-refractivity contribution is 9.08. The summed E-state index contributed by atoms with van der Waals surface area (Å²) in [5.41, 5.74) is 4.38. The molecule has 2 rings (SSSR count). The monoisotopic (exact) mass is 224 g/mol. The third kappa shape index (κ3) is 1.56. The van der Waals surface area contributed by atoms with E-state index in [0.717, 1.165) is 11.2 Å². The van der Waals surface area contributed by atoms with Crippen molar-refractivity contribution in [2.24, 2.45) is 0 Å². The van der Waals surface area contributed by atoms with Crippen LogP contribution in [0.2, 0.25) is 0 Å². The average Bonchev–Trinajstić information content (AvgIpc) is 2.86. The molecule has 64 valence electrons. The minimum absolute atomic E-state index is 0.882. The van der Waals surface area contributed by atoms with Crippen LogP contribution < -0.4 is 0 Å². The van der Waals surface area contributed by atoms with Gasteiger partial charge >= 0.3 is 0 Å². The van der Waals surface area contributed by atoms with Gasteiger partial charge in [0.25, 0.3) is 0 Å². The zero-order chi connectivity index (χ0) is 8.55. The minimum atomic E-state index is 0.882. The van der Waals surface area contributed by atoms with Gasteiger partial charge in [-0.15, -0.1) is 0 Å². The first-order chi connectivity index (χ1) is 5.81. The molecule has 1 fully saturated rings. The zero-order valence-corrected chi connectivity index (χ0v) is 8.89. The molecule has 0 aliphatic heterocycles. The van der Waals surface area contributed by atoms with Crippen molar-refractivity contribution < 1.29 is 0 Å². The van der Waals surface area contributed by atoms with Crippen molar-refractivity contribution in [3.63, 3.8) is 0 Å². The molecular weight excluding hydrogens is 212 g/mol. The van der Waals surface area contributed by atoms with Crippen molar-refractivity contribution in [1.29, 1.82) is 0 Å². The molecule has 1 heteroatoms. The summed E-state index contributed by atoms with van der Waals surface area (Å²) in [5.74, 6) is 0.882. The fourth-order valence-corrected chi connectivity index (χ4v) is 2.17. The van der Waals surface area contributed by atoms with Gasteiger partial charge < -0.3 is 0 Å². The Kier molecular flexibility index (Phi) is 2.22. The van der Waals surface area contributed by atoms with Gasteiger partial charge in [-0.3, -0.25) is 0 Å². The number of halogens is 1. The van der Waals surface area contributed by atoms with Gasteiger partial charge in [-0.1, -0.05) is 34.1 Å². The van der Waals surface area contributed by atoms with Crippen molar-refractivity contribution >= 4 is 15.9 Å². The molecule has 1 aromatic carbocycles. The summed E-state index contributed by atoms with van der Waals surface area (Å²) in [7, 11) is 0. The van der Waals surface area contributed by atoms with Crippen LogP contribution in [0.3, 0.4) is 0 Å².